The van der Waals surface area contributed by atoms with Gasteiger partial charge in [-0.15, -0.1) is 11.3 Å². The van der Waals surface area contributed by atoms with Gasteiger partial charge in [-0.2, -0.15) is 5.26 Å². The van der Waals surface area contributed by atoms with Gasteiger partial charge in [-0.3, -0.25) is 0 Å². The van der Waals surface area contributed by atoms with Crippen LogP contribution in [0.5, 0.6) is 0 Å². The number of rotatable bonds is 3. The third-order valence-corrected chi connectivity index (χ3v) is 10.8. The molecule has 3 nitrogen and oxygen atoms in total. The maximum absolute atomic E-state index is 10.6. The van der Waals surface area contributed by atoms with E-state index < -0.39 is 0 Å². The summed E-state index contributed by atoms with van der Waals surface area (Å²) in [6.45, 7) is 0. The fraction of sp³-hybridized carbons (Fsp3) is 0.0227. The molecule has 222 valence electrons. The topological polar surface area (TPSA) is 33.6 Å². The molecule has 9 aromatic rings. The van der Waals surface area contributed by atoms with Crippen LogP contribution in [-0.2, 0) is 0 Å². The van der Waals surface area contributed by atoms with Crippen LogP contribution in [0.25, 0.3) is 87.5 Å². The molecule has 0 N–H and O–H groups in total. The summed E-state index contributed by atoms with van der Waals surface area (Å²) in [4.78, 5) is 0. The molecule has 0 spiro atoms. The van der Waals surface area contributed by atoms with Crippen molar-refractivity contribution in [2.75, 3.05) is 0 Å². The van der Waals surface area contributed by atoms with Crippen molar-refractivity contribution in [1.29, 1.82) is 5.26 Å². The Morgan fingerprint density at radius 1 is 0.604 bits per heavy atom. The predicted octanol–water partition coefficient (Wildman–Crippen LogP) is 11.7. The number of aromatic nitrogens is 2. The monoisotopic (exact) mass is 627 g/mol. The molecular weight excluding hydrogens is 603 g/mol. The van der Waals surface area contributed by atoms with Crippen molar-refractivity contribution in [2.45, 2.75) is 6.42 Å². The second-order valence-electron chi connectivity index (χ2n) is 12.2. The number of hydrogen-bond donors (Lipinski definition) is 0. The molecule has 0 unspecified atom stereocenters. The summed E-state index contributed by atoms with van der Waals surface area (Å²) in [7, 11) is 0. The fourth-order valence-corrected chi connectivity index (χ4v) is 8.90. The molecule has 1 aliphatic carbocycles. The highest BCUT2D eigenvalue weighted by Crippen LogP contribution is 2.46. The lowest BCUT2D eigenvalue weighted by molar-refractivity contribution is 1.10. The Morgan fingerprint density at radius 2 is 1.29 bits per heavy atom. The van der Waals surface area contributed by atoms with E-state index in [1.54, 1.807) is 11.3 Å². The molecule has 0 amide bonds. The maximum atomic E-state index is 10.6. The molecule has 0 saturated carbocycles. The molecule has 3 aromatic heterocycles. The second-order valence-corrected chi connectivity index (χ2v) is 13.2. The van der Waals surface area contributed by atoms with Gasteiger partial charge in [0.15, 0.2) is 0 Å². The Bertz CT molecular complexity index is 2870. The Balaban J connectivity index is 1.32. The number of fused-ring (bicyclic) bond motifs is 10. The average molecular weight is 628 g/mol. The summed E-state index contributed by atoms with van der Waals surface area (Å²) in [5, 5.41) is 16.2. The zero-order valence-corrected chi connectivity index (χ0v) is 26.6. The molecule has 48 heavy (non-hydrogen) atoms. The van der Waals surface area contributed by atoms with E-state index in [9.17, 15) is 5.26 Å². The number of para-hydroxylation sites is 4. The van der Waals surface area contributed by atoms with Gasteiger partial charge in [0.2, 0.25) is 0 Å². The van der Waals surface area contributed by atoms with Crippen molar-refractivity contribution >= 4 is 76.4 Å². The van der Waals surface area contributed by atoms with Crippen LogP contribution in [0.4, 0.5) is 0 Å². The smallest absolute Gasteiger partial charge is 0.101 e. The van der Waals surface area contributed by atoms with Gasteiger partial charge in [0.05, 0.1) is 49.0 Å². The highest BCUT2D eigenvalue weighted by Gasteiger charge is 2.24. The molecule has 0 saturated heterocycles. The van der Waals surface area contributed by atoms with Crippen LogP contribution < -0.4 is 0 Å². The Hall–Kier alpha value is -6.33. The first kappa shape index (κ1) is 26.8. The van der Waals surface area contributed by atoms with E-state index in [0.717, 1.165) is 67.3 Å². The quantitative estimate of drug-likeness (QED) is 0.192. The molecule has 4 heteroatoms. The summed E-state index contributed by atoms with van der Waals surface area (Å²) in [6.07, 6.45) is 9.70. The van der Waals surface area contributed by atoms with Crippen LogP contribution in [0.2, 0.25) is 0 Å². The average Bonchev–Trinajstić information content (AvgIpc) is 3.72. The predicted molar refractivity (Wildman–Crippen MR) is 201 cm³/mol. The first-order chi connectivity index (χ1) is 23.8. The molecule has 0 atom stereocenters. The maximum Gasteiger partial charge on any atom is 0.101 e. The van der Waals surface area contributed by atoms with Gasteiger partial charge in [-0.25, -0.2) is 0 Å². The van der Waals surface area contributed by atoms with Gasteiger partial charge in [-0.05, 0) is 42.8 Å². The number of hydrogen-bond acceptors (Lipinski definition) is 2. The molecular formula is C44H25N3S. The Labute approximate surface area is 281 Å². The molecule has 0 radical (unpaired) electrons. The van der Waals surface area contributed by atoms with Gasteiger partial charge in [-0.1, -0.05) is 115 Å². The highest BCUT2D eigenvalue weighted by atomic mass is 32.1. The molecule has 3 heterocycles. The summed E-state index contributed by atoms with van der Waals surface area (Å²) in [5.74, 6) is 0. The number of nitriles is 1. The summed E-state index contributed by atoms with van der Waals surface area (Å²) in [6, 6.07) is 50.0. The molecule has 6 aromatic carbocycles. The fourth-order valence-electron chi connectivity index (χ4n) is 7.57. The van der Waals surface area contributed by atoms with Gasteiger partial charge in [0.25, 0.3) is 0 Å². The second kappa shape index (κ2) is 10.3. The lowest BCUT2D eigenvalue weighted by Crippen LogP contribution is -2.03. The van der Waals surface area contributed by atoms with Crippen LogP contribution in [0.3, 0.4) is 0 Å². The first-order valence-corrected chi connectivity index (χ1v) is 16.9. The summed E-state index contributed by atoms with van der Waals surface area (Å²) >= 11 is 1.80. The van der Waals surface area contributed by atoms with Crippen molar-refractivity contribution < 1.29 is 0 Å². The van der Waals surface area contributed by atoms with E-state index in [1.807, 2.05) is 12.1 Å². The minimum absolute atomic E-state index is 0.641. The van der Waals surface area contributed by atoms with Crippen molar-refractivity contribution in [3.8, 4) is 28.6 Å². The minimum atomic E-state index is 0.641. The molecule has 1 aliphatic rings. The summed E-state index contributed by atoms with van der Waals surface area (Å²) < 4.78 is 7.01. The highest BCUT2D eigenvalue weighted by molar-refractivity contribution is 7.27. The standard InChI is InChI=1S/C44H25N3S/c45-27-28-13-11-19-33(41(28)47-39-22-6-2-5-16-30(39)31-17-7-10-24-40(31)47)35-20-12-21-36-37-26-25-34-32-18-8-9-23-38(32)46(29-14-3-1-4-15-29)42(34)44(37)48-43(35)36/h1,3-24H,2H2. The lowest BCUT2D eigenvalue weighted by atomic mass is 9.98. The Morgan fingerprint density at radius 3 is 2.15 bits per heavy atom. The van der Waals surface area contributed by atoms with Crippen LogP contribution in [-0.4, -0.2) is 9.13 Å². The van der Waals surface area contributed by atoms with Crippen molar-refractivity contribution in [1.82, 2.24) is 9.13 Å². The molecule has 0 fully saturated rings. The minimum Gasteiger partial charge on any atom is -0.307 e. The van der Waals surface area contributed by atoms with E-state index in [4.69, 9.17) is 0 Å². The number of allylic oxidation sites excluding steroid dienone is 2. The van der Waals surface area contributed by atoms with Crippen LogP contribution in [0.15, 0.2) is 127 Å². The van der Waals surface area contributed by atoms with Gasteiger partial charge >= 0.3 is 0 Å². The van der Waals surface area contributed by atoms with Crippen molar-refractivity contribution in [3.63, 3.8) is 0 Å². The third-order valence-electron chi connectivity index (χ3n) is 9.59. The number of thiophene rings is 1. The number of nitrogens with zero attached hydrogens (tertiary/aromatic N) is 3. The van der Waals surface area contributed by atoms with Crippen molar-refractivity contribution in [2.24, 2.45) is 0 Å². The first-order valence-electron chi connectivity index (χ1n) is 16.1. The number of benzene rings is 5. The van der Waals surface area contributed by atoms with Crippen LogP contribution in [0, 0.1) is 23.5 Å². The van der Waals surface area contributed by atoms with Gasteiger partial charge < -0.3 is 9.13 Å². The Kier molecular flexibility index (Phi) is 5.78. The van der Waals surface area contributed by atoms with E-state index in [1.165, 1.54) is 25.7 Å². The summed E-state index contributed by atoms with van der Waals surface area (Å²) in [5.41, 5.74) is 10.5. The van der Waals surface area contributed by atoms with Crippen LogP contribution >= 0.6 is 11.3 Å². The zero-order chi connectivity index (χ0) is 31.8. The van der Waals surface area contributed by atoms with Crippen LogP contribution in [0.1, 0.15) is 23.2 Å². The molecule has 0 aliphatic heterocycles. The SMILES string of the molecule is N#Cc1cccc(-c2cccc3c2sc2c3c#cc3c4ccccc4n(-c4ccccc4)c32)c1-n1c2c(c3ccccc31)C=CCC=C2. The van der Waals surface area contributed by atoms with E-state index in [-0.39, 0.29) is 0 Å². The largest absolute Gasteiger partial charge is 0.307 e. The van der Waals surface area contributed by atoms with Crippen molar-refractivity contribution in [3.05, 3.63) is 156 Å². The lowest BCUT2D eigenvalue weighted by Gasteiger charge is -2.17. The molecule has 0 bridgehead atoms. The van der Waals surface area contributed by atoms with Gasteiger partial charge in [0.1, 0.15) is 6.07 Å². The normalized spacial score (nSPS) is 12.6. The molecule has 10 rings (SSSR count). The third kappa shape index (κ3) is 3.70. The van der Waals surface area contributed by atoms with E-state index >= 15 is 0 Å². The van der Waals surface area contributed by atoms with E-state index in [0.29, 0.717) is 5.56 Å². The zero-order valence-electron chi connectivity index (χ0n) is 25.7. The van der Waals surface area contributed by atoms with E-state index in [2.05, 4.69) is 155 Å². The van der Waals surface area contributed by atoms with Gasteiger partial charge in [0, 0.05) is 43.2 Å².